The predicted octanol–water partition coefficient (Wildman–Crippen LogP) is 4.76. The average molecular weight is 448 g/mol. The number of anilines is 1. The van der Waals surface area contributed by atoms with E-state index in [9.17, 15) is 22.4 Å². The molecule has 27 heavy (non-hydrogen) atoms. The second-order valence-corrected chi connectivity index (χ2v) is 6.74. The lowest BCUT2D eigenvalue weighted by molar-refractivity contribution is -0.274. The first-order chi connectivity index (χ1) is 12.7. The zero-order valence-electron chi connectivity index (χ0n) is 14.0. The zero-order chi connectivity index (χ0) is 19.8. The number of benzene rings is 2. The maximum absolute atomic E-state index is 13.4. The molecule has 0 spiro atoms. The molecule has 0 saturated heterocycles. The molecular weight excluding hydrogens is 434 g/mol. The van der Waals surface area contributed by atoms with E-state index in [4.69, 9.17) is 4.74 Å². The highest BCUT2D eigenvalue weighted by molar-refractivity contribution is 9.09. The van der Waals surface area contributed by atoms with Gasteiger partial charge in [0, 0.05) is 24.2 Å². The Hall–Kier alpha value is -2.29. The summed E-state index contributed by atoms with van der Waals surface area (Å²) in [6.45, 7) is 0.315. The van der Waals surface area contributed by atoms with Crippen LogP contribution in [0.5, 0.6) is 11.5 Å². The lowest BCUT2D eigenvalue weighted by Crippen LogP contribution is -2.32. The molecule has 144 valence electrons. The fourth-order valence-electron chi connectivity index (χ4n) is 2.95. The lowest BCUT2D eigenvalue weighted by atomic mass is 10.1. The fourth-order valence-corrected chi connectivity index (χ4v) is 3.57. The topological polar surface area (TPSA) is 38.8 Å². The molecule has 2 aromatic rings. The molecule has 1 heterocycles. The molecule has 1 aliphatic heterocycles. The van der Waals surface area contributed by atoms with E-state index in [0.29, 0.717) is 24.2 Å². The Morgan fingerprint density at radius 1 is 1.22 bits per heavy atom. The largest absolute Gasteiger partial charge is 0.573 e. The van der Waals surface area contributed by atoms with Gasteiger partial charge in [0.1, 0.15) is 22.1 Å². The highest BCUT2D eigenvalue weighted by Gasteiger charge is 2.34. The molecule has 9 heteroatoms. The maximum Gasteiger partial charge on any atom is 0.573 e. The molecule has 0 bridgehead atoms. The second-order valence-electron chi connectivity index (χ2n) is 5.83. The number of nitrogens with zero attached hydrogens (tertiary/aromatic N) is 1. The van der Waals surface area contributed by atoms with Gasteiger partial charge in [-0.1, -0.05) is 28.1 Å². The molecule has 0 radical (unpaired) electrons. The van der Waals surface area contributed by atoms with Crippen LogP contribution in [-0.4, -0.2) is 25.9 Å². The summed E-state index contributed by atoms with van der Waals surface area (Å²) in [5, 5.41) is 0. The summed E-state index contributed by atoms with van der Waals surface area (Å²) < 4.78 is 59.8. The molecule has 0 saturated carbocycles. The van der Waals surface area contributed by atoms with Gasteiger partial charge < -0.3 is 14.4 Å². The van der Waals surface area contributed by atoms with Crippen LogP contribution in [-0.2, 0) is 11.2 Å². The first kappa shape index (κ1) is 19.5. The lowest BCUT2D eigenvalue weighted by Gasteiger charge is -2.22. The Balaban J connectivity index is 1.88. The molecule has 1 unspecified atom stereocenters. The molecule has 0 aliphatic carbocycles. The van der Waals surface area contributed by atoms with Crippen molar-refractivity contribution in [3.05, 3.63) is 53.3 Å². The minimum Gasteiger partial charge on any atom is -0.496 e. The van der Waals surface area contributed by atoms with Crippen molar-refractivity contribution in [1.82, 2.24) is 0 Å². The van der Waals surface area contributed by atoms with Crippen LogP contribution in [0.15, 0.2) is 36.4 Å². The van der Waals surface area contributed by atoms with E-state index >= 15 is 0 Å². The van der Waals surface area contributed by atoms with Gasteiger partial charge in [0.05, 0.1) is 12.8 Å². The molecule has 0 fully saturated rings. The van der Waals surface area contributed by atoms with E-state index in [1.54, 1.807) is 0 Å². The summed E-state index contributed by atoms with van der Waals surface area (Å²) in [5.41, 5.74) is 1.51. The number of alkyl halides is 4. The van der Waals surface area contributed by atoms with Crippen molar-refractivity contribution >= 4 is 27.5 Å². The third-order valence-corrected chi connectivity index (χ3v) is 5.02. The standard InChI is InChI=1S/C18H14BrF4NO3/c1-26-15-8-11(20)3-5-13(15)16(19)17(25)24-7-6-10-2-4-12(9-14(10)24)27-18(21,22)23/h2-5,8-9,16H,6-7H2,1H3. The zero-order valence-corrected chi connectivity index (χ0v) is 15.6. The smallest absolute Gasteiger partial charge is 0.496 e. The van der Waals surface area contributed by atoms with Gasteiger partial charge in [0.25, 0.3) is 0 Å². The van der Waals surface area contributed by atoms with E-state index in [1.165, 1.54) is 42.3 Å². The number of halogens is 5. The van der Waals surface area contributed by atoms with Crippen LogP contribution in [0, 0.1) is 5.82 Å². The quantitative estimate of drug-likeness (QED) is 0.501. The van der Waals surface area contributed by atoms with Crippen LogP contribution in [0.2, 0.25) is 0 Å². The third-order valence-electron chi connectivity index (χ3n) is 4.14. The van der Waals surface area contributed by atoms with Gasteiger partial charge in [-0.25, -0.2) is 4.39 Å². The van der Waals surface area contributed by atoms with Gasteiger partial charge in [-0.15, -0.1) is 13.2 Å². The van der Waals surface area contributed by atoms with E-state index in [0.717, 1.165) is 11.6 Å². The number of carbonyl (C=O) groups excluding carboxylic acids is 1. The number of fused-ring (bicyclic) bond motifs is 1. The van der Waals surface area contributed by atoms with Crippen molar-refractivity contribution in [1.29, 1.82) is 0 Å². The highest BCUT2D eigenvalue weighted by atomic mass is 79.9. The minimum absolute atomic E-state index is 0.193. The maximum atomic E-state index is 13.4. The highest BCUT2D eigenvalue weighted by Crippen LogP contribution is 2.39. The van der Waals surface area contributed by atoms with E-state index < -0.39 is 28.7 Å². The molecule has 1 atom stereocenters. The predicted molar refractivity (Wildman–Crippen MR) is 93.8 cm³/mol. The summed E-state index contributed by atoms with van der Waals surface area (Å²) >= 11 is 3.29. The number of methoxy groups -OCH3 is 1. The Kier molecular flexibility index (Phi) is 5.32. The van der Waals surface area contributed by atoms with E-state index in [1.807, 2.05) is 0 Å². The summed E-state index contributed by atoms with van der Waals surface area (Å²) in [5.74, 6) is -1.11. The number of carbonyl (C=O) groups is 1. The number of amides is 1. The minimum atomic E-state index is -4.82. The van der Waals surface area contributed by atoms with Crippen LogP contribution in [0.3, 0.4) is 0 Å². The van der Waals surface area contributed by atoms with Gasteiger partial charge in [-0.2, -0.15) is 0 Å². The fraction of sp³-hybridized carbons (Fsp3) is 0.278. The van der Waals surface area contributed by atoms with Crippen molar-refractivity contribution in [2.24, 2.45) is 0 Å². The molecule has 1 aliphatic rings. The molecule has 3 rings (SSSR count). The number of hydrogen-bond donors (Lipinski definition) is 0. The van der Waals surface area contributed by atoms with Crippen molar-refractivity contribution in [2.75, 3.05) is 18.6 Å². The molecule has 0 N–H and O–H groups in total. The number of hydrogen-bond acceptors (Lipinski definition) is 3. The van der Waals surface area contributed by atoms with Gasteiger partial charge in [0.15, 0.2) is 0 Å². The second kappa shape index (κ2) is 7.38. The Morgan fingerprint density at radius 3 is 2.63 bits per heavy atom. The number of rotatable bonds is 4. The van der Waals surface area contributed by atoms with Crippen molar-refractivity contribution in [3.63, 3.8) is 0 Å². The van der Waals surface area contributed by atoms with Crippen LogP contribution in [0.1, 0.15) is 16.0 Å². The molecule has 1 amide bonds. The first-order valence-corrected chi connectivity index (χ1v) is 8.78. The first-order valence-electron chi connectivity index (χ1n) is 7.87. The van der Waals surface area contributed by atoms with Crippen molar-refractivity contribution < 1.29 is 31.8 Å². The summed E-state index contributed by atoms with van der Waals surface area (Å²) in [6.07, 6.45) is -4.31. The van der Waals surface area contributed by atoms with Crippen molar-refractivity contribution in [2.45, 2.75) is 17.6 Å². The molecule has 0 aromatic heterocycles. The SMILES string of the molecule is COc1cc(F)ccc1C(Br)C(=O)N1CCc2ccc(OC(F)(F)F)cc21. The molecule has 4 nitrogen and oxygen atoms in total. The normalized spacial score (nSPS) is 14.7. The summed E-state index contributed by atoms with van der Waals surface area (Å²) in [6, 6.07) is 7.69. The monoisotopic (exact) mass is 447 g/mol. The Labute approximate surface area is 160 Å². The van der Waals surface area contributed by atoms with Crippen LogP contribution in [0.25, 0.3) is 0 Å². The van der Waals surface area contributed by atoms with Crippen LogP contribution < -0.4 is 14.4 Å². The number of ether oxygens (including phenoxy) is 2. The van der Waals surface area contributed by atoms with E-state index in [2.05, 4.69) is 20.7 Å². The van der Waals surface area contributed by atoms with Crippen molar-refractivity contribution in [3.8, 4) is 11.5 Å². The van der Waals surface area contributed by atoms with Gasteiger partial charge >= 0.3 is 6.36 Å². The Bertz CT molecular complexity index is 872. The summed E-state index contributed by atoms with van der Waals surface area (Å²) in [7, 11) is 1.36. The molecular formula is C18H14BrF4NO3. The van der Waals surface area contributed by atoms with Crippen LogP contribution >= 0.6 is 15.9 Å². The average Bonchev–Trinajstić information content (AvgIpc) is 3.02. The Morgan fingerprint density at radius 2 is 1.96 bits per heavy atom. The van der Waals surface area contributed by atoms with Gasteiger partial charge in [0.2, 0.25) is 5.91 Å². The summed E-state index contributed by atoms with van der Waals surface area (Å²) in [4.78, 5) is 13.4. The van der Waals surface area contributed by atoms with Gasteiger partial charge in [-0.05, 0) is 24.1 Å². The molecule has 2 aromatic carbocycles. The van der Waals surface area contributed by atoms with Crippen LogP contribution in [0.4, 0.5) is 23.2 Å². The van der Waals surface area contributed by atoms with E-state index in [-0.39, 0.29) is 5.75 Å². The van der Waals surface area contributed by atoms with Gasteiger partial charge in [-0.3, -0.25) is 4.79 Å². The third kappa shape index (κ3) is 4.18.